The highest BCUT2D eigenvalue weighted by Gasteiger charge is 2.19. The molecule has 1 rings (SSSR count). The minimum absolute atomic E-state index is 0.135. The number of halogens is 1. The molecule has 10 heteroatoms. The molecule has 0 fully saturated rings. The molecule has 0 atom stereocenters. The normalized spacial score (nSPS) is 12.1. The molecule has 0 aliphatic rings. The molecule has 1 heterocycles. The summed E-state index contributed by atoms with van der Waals surface area (Å²) in [4.78, 5) is 31.5. The fourth-order valence-electron chi connectivity index (χ4n) is 1.25. The molecule has 0 bridgehead atoms. The summed E-state index contributed by atoms with van der Waals surface area (Å²) in [5.41, 5.74) is -0.159. The van der Waals surface area contributed by atoms with Crippen molar-refractivity contribution in [1.82, 2.24) is 4.98 Å². The number of aliphatic carboxylic acids is 1. The van der Waals surface area contributed by atoms with Crippen molar-refractivity contribution in [2.75, 3.05) is 17.8 Å². The van der Waals surface area contributed by atoms with Crippen molar-refractivity contribution in [3.8, 4) is 0 Å². The van der Waals surface area contributed by atoms with E-state index in [9.17, 15) is 14.7 Å². The summed E-state index contributed by atoms with van der Waals surface area (Å²) in [7, 11) is -1.27. The average Bonchev–Trinajstić information content (AvgIpc) is 2.84. The number of thiazole rings is 1. The molecule has 0 spiro atoms. The van der Waals surface area contributed by atoms with Crippen molar-refractivity contribution in [2.24, 2.45) is 5.16 Å². The predicted octanol–water partition coefficient (Wildman–Crippen LogP) is 2.46. The molecule has 1 aromatic rings. The highest BCUT2D eigenvalue weighted by Crippen LogP contribution is 2.16. The van der Waals surface area contributed by atoms with Gasteiger partial charge in [-0.3, -0.25) is 4.79 Å². The first kappa shape index (κ1) is 18.6. The Hall–Kier alpha value is -1.45. The van der Waals surface area contributed by atoms with Crippen molar-refractivity contribution in [1.29, 1.82) is 0 Å². The SMILES string of the molecule is C[Si](C)(C)CCO/N=C(\C(=O)O)c1csc(NC(=O)CCl)n1. The van der Waals surface area contributed by atoms with Gasteiger partial charge in [0.05, 0.1) is 0 Å². The molecular weight excluding hydrogens is 346 g/mol. The van der Waals surface area contributed by atoms with Crippen molar-refractivity contribution in [2.45, 2.75) is 25.7 Å². The van der Waals surface area contributed by atoms with Crippen LogP contribution >= 0.6 is 22.9 Å². The summed E-state index contributed by atoms with van der Waals surface area (Å²) < 4.78 is 0. The van der Waals surface area contributed by atoms with E-state index < -0.39 is 20.0 Å². The lowest BCUT2D eigenvalue weighted by Crippen LogP contribution is -2.22. The number of hydrogen-bond donors (Lipinski definition) is 2. The highest BCUT2D eigenvalue weighted by molar-refractivity contribution is 7.14. The number of oxime groups is 1. The van der Waals surface area contributed by atoms with E-state index >= 15 is 0 Å². The lowest BCUT2D eigenvalue weighted by atomic mass is 10.3. The van der Waals surface area contributed by atoms with Gasteiger partial charge in [0.25, 0.3) is 0 Å². The van der Waals surface area contributed by atoms with Gasteiger partial charge in [-0.05, 0) is 6.04 Å². The van der Waals surface area contributed by atoms with Gasteiger partial charge in [0, 0.05) is 13.5 Å². The van der Waals surface area contributed by atoms with E-state index in [0.717, 1.165) is 17.4 Å². The van der Waals surface area contributed by atoms with E-state index in [2.05, 4.69) is 35.1 Å². The fraction of sp³-hybridized carbons (Fsp3) is 0.500. The number of hydrogen-bond acceptors (Lipinski definition) is 6. The summed E-state index contributed by atoms with van der Waals surface area (Å²) in [6.07, 6.45) is 0. The van der Waals surface area contributed by atoms with Crippen molar-refractivity contribution < 1.29 is 19.5 Å². The van der Waals surface area contributed by atoms with Gasteiger partial charge in [-0.25, -0.2) is 9.78 Å². The van der Waals surface area contributed by atoms with E-state index in [4.69, 9.17) is 16.4 Å². The largest absolute Gasteiger partial charge is 0.476 e. The molecule has 0 aliphatic carbocycles. The number of aromatic nitrogens is 1. The monoisotopic (exact) mass is 363 g/mol. The molecule has 0 aliphatic heterocycles. The highest BCUT2D eigenvalue weighted by atomic mass is 35.5. The summed E-state index contributed by atoms with van der Waals surface area (Å²) in [5.74, 6) is -1.86. The molecule has 0 saturated heterocycles. The zero-order chi connectivity index (χ0) is 16.8. The number of carboxylic acids is 1. The van der Waals surface area contributed by atoms with Crippen LogP contribution in [-0.2, 0) is 14.4 Å². The molecule has 2 N–H and O–H groups in total. The quantitative estimate of drug-likeness (QED) is 0.243. The summed E-state index contributed by atoms with van der Waals surface area (Å²) >= 11 is 6.46. The minimum Gasteiger partial charge on any atom is -0.476 e. The number of carbonyl (C=O) groups is 2. The molecule has 1 aromatic heterocycles. The van der Waals surface area contributed by atoms with Crippen LogP contribution in [0.4, 0.5) is 5.13 Å². The van der Waals surface area contributed by atoms with Gasteiger partial charge < -0.3 is 15.3 Å². The lowest BCUT2D eigenvalue weighted by molar-refractivity contribution is -0.129. The van der Waals surface area contributed by atoms with E-state index in [-0.39, 0.29) is 22.4 Å². The third-order valence-electron chi connectivity index (χ3n) is 2.42. The second kappa shape index (κ2) is 8.25. The number of carboxylic acid groups (broad SMARTS) is 1. The molecule has 122 valence electrons. The van der Waals surface area contributed by atoms with Gasteiger partial charge >= 0.3 is 5.97 Å². The second-order valence-electron chi connectivity index (χ2n) is 5.61. The molecule has 0 saturated carbocycles. The number of amides is 1. The van der Waals surface area contributed by atoms with E-state index in [1.807, 2.05) is 0 Å². The van der Waals surface area contributed by atoms with Crippen LogP contribution in [0.3, 0.4) is 0 Å². The van der Waals surface area contributed by atoms with Crippen LogP contribution < -0.4 is 5.32 Å². The number of alkyl halides is 1. The Bertz CT molecular complexity index is 571. The molecule has 0 radical (unpaired) electrons. The average molecular weight is 364 g/mol. The van der Waals surface area contributed by atoms with Gasteiger partial charge in [0.1, 0.15) is 18.2 Å². The lowest BCUT2D eigenvalue weighted by Gasteiger charge is -2.13. The number of nitrogens with one attached hydrogen (secondary N) is 1. The van der Waals surface area contributed by atoms with Crippen LogP contribution in [0, 0.1) is 0 Å². The summed E-state index contributed by atoms with van der Waals surface area (Å²) in [5, 5.41) is 17.0. The third-order valence-corrected chi connectivity index (χ3v) is 5.12. The number of rotatable bonds is 8. The first-order chi connectivity index (χ1) is 10.2. The van der Waals surface area contributed by atoms with Crippen LogP contribution in [0.15, 0.2) is 10.5 Å². The number of nitrogens with zero attached hydrogens (tertiary/aromatic N) is 2. The van der Waals surface area contributed by atoms with Gasteiger partial charge in [0.15, 0.2) is 5.13 Å². The third kappa shape index (κ3) is 6.54. The first-order valence-corrected chi connectivity index (χ1v) is 11.6. The van der Waals surface area contributed by atoms with Crippen LogP contribution in [0.25, 0.3) is 0 Å². The topological polar surface area (TPSA) is 101 Å². The Morgan fingerprint density at radius 3 is 2.73 bits per heavy atom. The molecule has 0 aromatic carbocycles. The van der Waals surface area contributed by atoms with Gasteiger partial charge in [0.2, 0.25) is 11.6 Å². The van der Waals surface area contributed by atoms with Crippen LogP contribution in [-0.4, -0.2) is 48.2 Å². The first-order valence-electron chi connectivity index (χ1n) is 6.48. The Labute approximate surface area is 138 Å². The molecular formula is C12H18ClN3O4SSi. The Morgan fingerprint density at radius 1 is 1.50 bits per heavy atom. The van der Waals surface area contributed by atoms with Crippen molar-refractivity contribution in [3.05, 3.63) is 11.1 Å². The van der Waals surface area contributed by atoms with Crippen molar-refractivity contribution >= 4 is 53.7 Å². The zero-order valence-corrected chi connectivity index (χ0v) is 15.1. The van der Waals surface area contributed by atoms with Crippen LogP contribution in [0.1, 0.15) is 5.69 Å². The maximum Gasteiger partial charge on any atom is 0.360 e. The van der Waals surface area contributed by atoms with E-state index in [0.29, 0.717) is 6.61 Å². The minimum atomic E-state index is -1.27. The van der Waals surface area contributed by atoms with E-state index in [1.165, 1.54) is 5.38 Å². The second-order valence-corrected chi connectivity index (χ2v) is 12.4. The summed E-state index contributed by atoms with van der Waals surface area (Å²) in [6.45, 7) is 6.92. The molecule has 7 nitrogen and oxygen atoms in total. The zero-order valence-electron chi connectivity index (χ0n) is 12.6. The predicted molar refractivity (Wildman–Crippen MR) is 89.7 cm³/mol. The smallest absolute Gasteiger partial charge is 0.360 e. The maximum absolute atomic E-state index is 11.2. The van der Waals surface area contributed by atoms with Gasteiger partial charge in [-0.2, -0.15) is 0 Å². The molecule has 0 unspecified atom stereocenters. The molecule has 1 amide bonds. The number of anilines is 1. The Balaban J connectivity index is 2.75. The molecule has 22 heavy (non-hydrogen) atoms. The Morgan fingerprint density at radius 2 is 2.18 bits per heavy atom. The van der Waals surface area contributed by atoms with Gasteiger partial charge in [-0.1, -0.05) is 24.8 Å². The van der Waals surface area contributed by atoms with E-state index in [1.54, 1.807) is 0 Å². The summed E-state index contributed by atoms with van der Waals surface area (Å²) in [6, 6.07) is 0.873. The standard InChI is InChI=1S/C12H18ClN3O4SSi/c1-22(2,3)5-4-20-16-10(11(18)19)8-7-21-12(14-8)15-9(17)6-13/h7H,4-6H2,1-3H3,(H,18,19)(H,14,15,17)/b16-10-. The fourth-order valence-corrected chi connectivity index (χ4v) is 2.73. The maximum atomic E-state index is 11.2. The Kier molecular flexibility index (Phi) is 6.97. The van der Waals surface area contributed by atoms with Gasteiger partial charge in [-0.15, -0.1) is 22.9 Å². The van der Waals surface area contributed by atoms with Crippen molar-refractivity contribution in [3.63, 3.8) is 0 Å². The number of carbonyl (C=O) groups excluding carboxylic acids is 1. The van der Waals surface area contributed by atoms with Crippen LogP contribution in [0.5, 0.6) is 0 Å². The van der Waals surface area contributed by atoms with Crippen LogP contribution in [0.2, 0.25) is 25.7 Å².